The van der Waals surface area contributed by atoms with E-state index in [1.54, 1.807) is 11.3 Å². The second-order valence-electron chi connectivity index (χ2n) is 3.63. The molecule has 1 heterocycles. The van der Waals surface area contributed by atoms with Gasteiger partial charge in [-0.2, -0.15) is 0 Å². The number of aliphatic carboxylic acids is 1. The first kappa shape index (κ1) is 12.2. The van der Waals surface area contributed by atoms with Crippen molar-refractivity contribution < 1.29 is 9.90 Å². The standard InChI is InChI=1S/C11H17NO2S/c1-3-8(2)12-7-10-5-4-9(15-10)6-11(13)14/h4-5,8,12H,3,6-7H2,1-2H3,(H,13,14). The number of hydrogen-bond acceptors (Lipinski definition) is 3. The van der Waals surface area contributed by atoms with Gasteiger partial charge in [-0.15, -0.1) is 11.3 Å². The lowest BCUT2D eigenvalue weighted by Crippen LogP contribution is -2.23. The van der Waals surface area contributed by atoms with Crippen LogP contribution in [-0.4, -0.2) is 17.1 Å². The maximum atomic E-state index is 10.5. The third-order valence-electron chi connectivity index (χ3n) is 2.28. The van der Waals surface area contributed by atoms with Crippen LogP contribution in [0.25, 0.3) is 0 Å². The zero-order valence-electron chi connectivity index (χ0n) is 9.12. The van der Waals surface area contributed by atoms with Gasteiger partial charge in [0.1, 0.15) is 0 Å². The van der Waals surface area contributed by atoms with Crippen LogP contribution in [0.5, 0.6) is 0 Å². The van der Waals surface area contributed by atoms with E-state index in [9.17, 15) is 4.79 Å². The predicted octanol–water partition coefficient (Wildman–Crippen LogP) is 2.26. The smallest absolute Gasteiger partial charge is 0.308 e. The third-order valence-corrected chi connectivity index (χ3v) is 3.37. The van der Waals surface area contributed by atoms with Gasteiger partial charge < -0.3 is 10.4 Å². The molecule has 1 rings (SSSR count). The normalized spacial score (nSPS) is 12.7. The van der Waals surface area contributed by atoms with Crippen LogP contribution < -0.4 is 5.32 Å². The SMILES string of the molecule is CCC(C)NCc1ccc(CC(=O)O)s1. The van der Waals surface area contributed by atoms with Gasteiger partial charge in [0.2, 0.25) is 0 Å². The van der Waals surface area contributed by atoms with Crippen molar-refractivity contribution in [2.45, 2.75) is 39.3 Å². The summed E-state index contributed by atoms with van der Waals surface area (Å²) in [7, 11) is 0. The summed E-state index contributed by atoms with van der Waals surface area (Å²) in [5.41, 5.74) is 0. The minimum absolute atomic E-state index is 0.133. The van der Waals surface area contributed by atoms with E-state index >= 15 is 0 Å². The van der Waals surface area contributed by atoms with Crippen LogP contribution >= 0.6 is 11.3 Å². The number of rotatable bonds is 6. The summed E-state index contributed by atoms with van der Waals surface area (Å²) >= 11 is 1.57. The first-order valence-corrected chi connectivity index (χ1v) is 5.96. The lowest BCUT2D eigenvalue weighted by atomic mass is 10.2. The zero-order chi connectivity index (χ0) is 11.3. The molecule has 0 aromatic carbocycles. The molecule has 0 aliphatic heterocycles. The number of nitrogens with one attached hydrogen (secondary N) is 1. The fraction of sp³-hybridized carbons (Fsp3) is 0.545. The number of hydrogen-bond donors (Lipinski definition) is 2. The number of carbonyl (C=O) groups is 1. The summed E-state index contributed by atoms with van der Waals surface area (Å²) in [5.74, 6) is -0.765. The van der Waals surface area contributed by atoms with Gasteiger partial charge in [0.05, 0.1) is 6.42 Å². The van der Waals surface area contributed by atoms with Crippen molar-refractivity contribution in [1.29, 1.82) is 0 Å². The number of carboxylic acids is 1. The van der Waals surface area contributed by atoms with E-state index in [0.29, 0.717) is 6.04 Å². The van der Waals surface area contributed by atoms with Crippen LogP contribution in [0.15, 0.2) is 12.1 Å². The van der Waals surface area contributed by atoms with Gasteiger partial charge in [-0.3, -0.25) is 4.79 Å². The first-order valence-electron chi connectivity index (χ1n) is 5.14. The zero-order valence-corrected chi connectivity index (χ0v) is 9.93. The molecule has 2 N–H and O–H groups in total. The minimum atomic E-state index is -0.765. The Morgan fingerprint density at radius 2 is 2.20 bits per heavy atom. The maximum absolute atomic E-state index is 10.5. The Hall–Kier alpha value is -0.870. The second kappa shape index (κ2) is 5.88. The lowest BCUT2D eigenvalue weighted by molar-refractivity contribution is -0.136. The van der Waals surface area contributed by atoms with E-state index in [0.717, 1.165) is 17.8 Å². The molecular formula is C11H17NO2S. The summed E-state index contributed by atoms with van der Waals surface area (Å²) in [4.78, 5) is 12.6. The highest BCUT2D eigenvalue weighted by Gasteiger charge is 2.05. The molecule has 0 saturated carbocycles. The van der Waals surface area contributed by atoms with Crippen molar-refractivity contribution in [3.8, 4) is 0 Å². The highest BCUT2D eigenvalue weighted by atomic mass is 32.1. The summed E-state index contributed by atoms with van der Waals surface area (Å²) < 4.78 is 0. The molecule has 1 atom stereocenters. The third kappa shape index (κ3) is 4.44. The molecular weight excluding hydrogens is 210 g/mol. The molecule has 0 aliphatic rings. The van der Waals surface area contributed by atoms with E-state index in [-0.39, 0.29) is 6.42 Å². The van der Waals surface area contributed by atoms with E-state index in [1.165, 1.54) is 4.88 Å². The van der Waals surface area contributed by atoms with E-state index in [1.807, 2.05) is 12.1 Å². The van der Waals surface area contributed by atoms with Crippen molar-refractivity contribution in [1.82, 2.24) is 5.32 Å². The molecule has 0 radical (unpaired) electrons. The molecule has 1 aromatic rings. The molecule has 84 valence electrons. The molecule has 1 unspecified atom stereocenters. The summed E-state index contributed by atoms with van der Waals surface area (Å²) in [6.45, 7) is 5.12. The second-order valence-corrected chi connectivity index (χ2v) is 4.88. The van der Waals surface area contributed by atoms with Crippen LogP contribution in [0, 0.1) is 0 Å². The molecule has 0 fully saturated rings. The Morgan fingerprint density at radius 1 is 1.53 bits per heavy atom. The monoisotopic (exact) mass is 227 g/mol. The minimum Gasteiger partial charge on any atom is -0.481 e. The van der Waals surface area contributed by atoms with Crippen LogP contribution in [0.4, 0.5) is 0 Å². The topological polar surface area (TPSA) is 49.3 Å². The average molecular weight is 227 g/mol. The van der Waals surface area contributed by atoms with Crippen molar-refractivity contribution in [3.63, 3.8) is 0 Å². The van der Waals surface area contributed by atoms with Gasteiger partial charge in [0, 0.05) is 22.3 Å². The van der Waals surface area contributed by atoms with E-state index < -0.39 is 5.97 Å². The van der Waals surface area contributed by atoms with Crippen LogP contribution in [-0.2, 0) is 17.8 Å². The van der Waals surface area contributed by atoms with Gasteiger partial charge in [-0.05, 0) is 25.5 Å². The largest absolute Gasteiger partial charge is 0.481 e. The van der Waals surface area contributed by atoms with Gasteiger partial charge in [-0.1, -0.05) is 6.92 Å². The summed E-state index contributed by atoms with van der Waals surface area (Å²) in [5, 5.41) is 12.0. The quantitative estimate of drug-likeness (QED) is 0.783. The number of thiophene rings is 1. The van der Waals surface area contributed by atoms with E-state index in [2.05, 4.69) is 19.2 Å². The van der Waals surface area contributed by atoms with Crippen molar-refractivity contribution in [2.75, 3.05) is 0 Å². The molecule has 0 spiro atoms. The van der Waals surface area contributed by atoms with Crippen LogP contribution in [0.1, 0.15) is 30.0 Å². The molecule has 0 aliphatic carbocycles. The Kier molecular flexibility index (Phi) is 4.78. The summed E-state index contributed by atoms with van der Waals surface area (Å²) in [6, 6.07) is 4.40. The Balaban J connectivity index is 2.42. The molecule has 15 heavy (non-hydrogen) atoms. The lowest BCUT2D eigenvalue weighted by Gasteiger charge is -2.09. The highest BCUT2D eigenvalue weighted by Crippen LogP contribution is 2.17. The number of carboxylic acid groups (broad SMARTS) is 1. The molecule has 1 aromatic heterocycles. The molecule has 3 nitrogen and oxygen atoms in total. The van der Waals surface area contributed by atoms with Crippen molar-refractivity contribution >= 4 is 17.3 Å². The first-order chi connectivity index (χ1) is 7.11. The Bertz CT molecular complexity index is 322. The Labute approximate surface area is 94.1 Å². The fourth-order valence-corrected chi connectivity index (χ4v) is 2.14. The molecule has 0 amide bonds. The van der Waals surface area contributed by atoms with Gasteiger partial charge in [0.15, 0.2) is 0 Å². The molecule has 4 heteroatoms. The maximum Gasteiger partial charge on any atom is 0.308 e. The molecule has 0 saturated heterocycles. The van der Waals surface area contributed by atoms with Gasteiger partial charge in [-0.25, -0.2) is 0 Å². The van der Waals surface area contributed by atoms with Gasteiger partial charge in [0.25, 0.3) is 0 Å². The predicted molar refractivity (Wildman–Crippen MR) is 62.3 cm³/mol. The van der Waals surface area contributed by atoms with Crippen LogP contribution in [0.3, 0.4) is 0 Å². The highest BCUT2D eigenvalue weighted by molar-refractivity contribution is 7.12. The van der Waals surface area contributed by atoms with Gasteiger partial charge >= 0.3 is 5.97 Å². The van der Waals surface area contributed by atoms with Crippen molar-refractivity contribution in [3.05, 3.63) is 21.9 Å². The average Bonchev–Trinajstić information content (AvgIpc) is 2.61. The fourth-order valence-electron chi connectivity index (χ4n) is 1.18. The van der Waals surface area contributed by atoms with Crippen molar-refractivity contribution in [2.24, 2.45) is 0 Å². The van der Waals surface area contributed by atoms with Crippen LogP contribution in [0.2, 0.25) is 0 Å². The Morgan fingerprint density at radius 3 is 2.80 bits per heavy atom. The molecule has 0 bridgehead atoms. The summed E-state index contributed by atoms with van der Waals surface area (Å²) in [6.07, 6.45) is 1.24. The van der Waals surface area contributed by atoms with E-state index in [4.69, 9.17) is 5.11 Å².